The fourth-order valence-electron chi connectivity index (χ4n) is 3.10. The number of hydrogen-bond acceptors (Lipinski definition) is 1. The Morgan fingerprint density at radius 1 is 0.857 bits per heavy atom. The zero-order valence-corrected chi connectivity index (χ0v) is 13.3. The number of benzene rings is 2. The van der Waals surface area contributed by atoms with Gasteiger partial charge in [-0.3, -0.25) is 0 Å². The molecular formula is C20H26O. The second kappa shape index (κ2) is 6.91. The summed E-state index contributed by atoms with van der Waals surface area (Å²) in [5, 5.41) is 11.5. The smallest absolute Gasteiger partial charge is 0.0962 e. The Morgan fingerprint density at radius 2 is 1.38 bits per heavy atom. The molecule has 0 aliphatic carbocycles. The molecule has 0 unspecified atom stereocenters. The van der Waals surface area contributed by atoms with Crippen LogP contribution in [-0.4, -0.2) is 5.11 Å². The van der Waals surface area contributed by atoms with Gasteiger partial charge in [0.05, 0.1) is 5.60 Å². The molecule has 2 aromatic carbocycles. The van der Waals surface area contributed by atoms with E-state index in [0.717, 1.165) is 12.0 Å². The van der Waals surface area contributed by atoms with E-state index in [1.54, 1.807) is 0 Å². The van der Waals surface area contributed by atoms with E-state index in [2.05, 4.69) is 32.9 Å². The van der Waals surface area contributed by atoms with Crippen molar-refractivity contribution in [3.05, 3.63) is 71.8 Å². The molecule has 0 heterocycles. The number of rotatable bonds is 6. The van der Waals surface area contributed by atoms with Gasteiger partial charge in [0, 0.05) is 6.42 Å². The van der Waals surface area contributed by atoms with Crippen molar-refractivity contribution in [3.8, 4) is 0 Å². The van der Waals surface area contributed by atoms with Crippen LogP contribution in [0, 0.1) is 11.8 Å². The van der Waals surface area contributed by atoms with Crippen LogP contribution in [0.1, 0.15) is 38.3 Å². The quantitative estimate of drug-likeness (QED) is 0.807. The van der Waals surface area contributed by atoms with Crippen molar-refractivity contribution in [1.82, 2.24) is 0 Å². The molecule has 0 bridgehead atoms. The van der Waals surface area contributed by atoms with Crippen molar-refractivity contribution in [3.63, 3.8) is 0 Å². The molecule has 0 fully saturated rings. The fraction of sp³-hybridized carbons (Fsp3) is 0.400. The summed E-state index contributed by atoms with van der Waals surface area (Å²) in [5.41, 5.74) is 1.38. The Morgan fingerprint density at radius 3 is 1.90 bits per heavy atom. The summed E-state index contributed by atoms with van der Waals surface area (Å²) in [6.07, 6.45) is 1.67. The van der Waals surface area contributed by atoms with Crippen molar-refractivity contribution < 1.29 is 5.11 Å². The Bertz CT molecular complexity index is 532. The zero-order chi connectivity index (χ0) is 15.3. The molecule has 21 heavy (non-hydrogen) atoms. The van der Waals surface area contributed by atoms with Crippen LogP contribution in [0.5, 0.6) is 0 Å². The fourth-order valence-corrected chi connectivity index (χ4v) is 3.10. The van der Waals surface area contributed by atoms with Crippen LogP contribution in [0.15, 0.2) is 60.7 Å². The molecule has 1 N–H and O–H groups in total. The Hall–Kier alpha value is -1.60. The van der Waals surface area contributed by atoms with E-state index in [9.17, 15) is 5.11 Å². The molecule has 1 heteroatoms. The monoisotopic (exact) mass is 282 g/mol. The molecular weight excluding hydrogens is 256 g/mol. The molecule has 0 saturated carbocycles. The van der Waals surface area contributed by atoms with Gasteiger partial charge < -0.3 is 5.11 Å². The average molecular weight is 282 g/mol. The van der Waals surface area contributed by atoms with Gasteiger partial charge >= 0.3 is 0 Å². The Labute approximate surface area is 128 Å². The average Bonchev–Trinajstić information content (AvgIpc) is 2.48. The molecule has 0 aromatic heterocycles. The molecule has 2 aromatic rings. The van der Waals surface area contributed by atoms with Gasteiger partial charge in [-0.2, -0.15) is 0 Å². The summed E-state index contributed by atoms with van der Waals surface area (Å²) in [7, 11) is 0. The van der Waals surface area contributed by atoms with Gasteiger partial charge in [-0.05, 0) is 29.4 Å². The first-order chi connectivity index (χ1) is 10.0. The lowest BCUT2D eigenvalue weighted by Gasteiger charge is -2.36. The van der Waals surface area contributed by atoms with Crippen molar-refractivity contribution >= 4 is 0 Å². The van der Waals surface area contributed by atoms with E-state index in [1.807, 2.05) is 48.5 Å². The molecule has 2 atom stereocenters. The Kier molecular flexibility index (Phi) is 5.19. The van der Waals surface area contributed by atoms with Gasteiger partial charge in [0.2, 0.25) is 0 Å². The second-order valence-corrected chi connectivity index (χ2v) is 6.48. The largest absolute Gasteiger partial charge is 0.385 e. The molecule has 112 valence electrons. The van der Waals surface area contributed by atoms with Crippen molar-refractivity contribution in [2.45, 2.75) is 39.2 Å². The summed E-state index contributed by atoms with van der Waals surface area (Å²) >= 11 is 0. The molecule has 0 amide bonds. The molecule has 1 nitrogen and oxygen atoms in total. The maximum atomic E-state index is 11.5. The van der Waals surface area contributed by atoms with E-state index in [-0.39, 0.29) is 5.92 Å². The summed E-state index contributed by atoms with van der Waals surface area (Å²) < 4.78 is 0. The SMILES string of the molecule is CC(C)C[C@H](C)[C@](O)(Cc1ccccc1)c1ccccc1. The highest BCUT2D eigenvalue weighted by atomic mass is 16.3. The van der Waals surface area contributed by atoms with Crippen LogP contribution in [-0.2, 0) is 12.0 Å². The second-order valence-electron chi connectivity index (χ2n) is 6.48. The van der Waals surface area contributed by atoms with E-state index >= 15 is 0 Å². The first kappa shape index (κ1) is 15.8. The minimum atomic E-state index is -0.813. The van der Waals surface area contributed by atoms with E-state index < -0.39 is 5.60 Å². The molecule has 0 radical (unpaired) electrons. The predicted octanol–water partition coefficient (Wildman–Crippen LogP) is 4.80. The minimum absolute atomic E-state index is 0.208. The van der Waals surface area contributed by atoms with Gasteiger partial charge in [0.1, 0.15) is 0 Å². The standard InChI is InChI=1S/C20H26O/c1-16(2)14-17(3)20(21,19-12-8-5-9-13-19)15-18-10-6-4-7-11-18/h4-13,16-17,21H,14-15H2,1-3H3/t17-,20+/m0/s1. The summed E-state index contributed by atoms with van der Waals surface area (Å²) in [4.78, 5) is 0. The third-order valence-corrected chi connectivity index (χ3v) is 4.23. The van der Waals surface area contributed by atoms with Crippen LogP contribution in [0.4, 0.5) is 0 Å². The summed E-state index contributed by atoms with van der Waals surface area (Å²) in [6.45, 7) is 6.59. The van der Waals surface area contributed by atoms with Crippen molar-refractivity contribution in [2.75, 3.05) is 0 Å². The van der Waals surface area contributed by atoms with Crippen LogP contribution in [0.25, 0.3) is 0 Å². The lowest BCUT2D eigenvalue weighted by atomic mass is 9.75. The Balaban J connectivity index is 2.34. The van der Waals surface area contributed by atoms with Crippen LogP contribution < -0.4 is 0 Å². The lowest BCUT2D eigenvalue weighted by Crippen LogP contribution is -2.36. The highest BCUT2D eigenvalue weighted by Gasteiger charge is 2.35. The van der Waals surface area contributed by atoms with Gasteiger partial charge in [0.15, 0.2) is 0 Å². The van der Waals surface area contributed by atoms with Gasteiger partial charge in [0.25, 0.3) is 0 Å². The molecule has 0 saturated heterocycles. The lowest BCUT2D eigenvalue weighted by molar-refractivity contribution is -0.0247. The topological polar surface area (TPSA) is 20.2 Å². The number of hydrogen-bond donors (Lipinski definition) is 1. The first-order valence-electron chi connectivity index (χ1n) is 7.84. The van der Waals surface area contributed by atoms with Gasteiger partial charge in [-0.25, -0.2) is 0 Å². The van der Waals surface area contributed by atoms with Gasteiger partial charge in [-0.15, -0.1) is 0 Å². The van der Waals surface area contributed by atoms with Crippen molar-refractivity contribution in [2.24, 2.45) is 11.8 Å². The predicted molar refractivity (Wildman–Crippen MR) is 89.1 cm³/mol. The maximum Gasteiger partial charge on any atom is 0.0962 e. The highest BCUT2D eigenvalue weighted by molar-refractivity contribution is 5.27. The van der Waals surface area contributed by atoms with Gasteiger partial charge in [-0.1, -0.05) is 81.4 Å². The van der Waals surface area contributed by atoms with Crippen LogP contribution in [0.3, 0.4) is 0 Å². The molecule has 2 rings (SSSR count). The van der Waals surface area contributed by atoms with Crippen LogP contribution >= 0.6 is 0 Å². The van der Waals surface area contributed by atoms with E-state index in [0.29, 0.717) is 12.3 Å². The minimum Gasteiger partial charge on any atom is -0.385 e. The molecule has 0 aliphatic rings. The molecule has 0 spiro atoms. The third-order valence-electron chi connectivity index (χ3n) is 4.23. The third kappa shape index (κ3) is 3.95. The van der Waals surface area contributed by atoms with E-state index in [4.69, 9.17) is 0 Å². The summed E-state index contributed by atoms with van der Waals surface area (Å²) in [5.74, 6) is 0.783. The zero-order valence-electron chi connectivity index (χ0n) is 13.3. The maximum absolute atomic E-state index is 11.5. The summed E-state index contributed by atoms with van der Waals surface area (Å²) in [6, 6.07) is 20.4. The van der Waals surface area contributed by atoms with E-state index in [1.165, 1.54) is 5.56 Å². The number of aliphatic hydroxyl groups is 1. The highest BCUT2D eigenvalue weighted by Crippen LogP contribution is 2.36. The van der Waals surface area contributed by atoms with Crippen LogP contribution in [0.2, 0.25) is 0 Å². The normalized spacial score (nSPS) is 15.7. The van der Waals surface area contributed by atoms with Crippen molar-refractivity contribution in [1.29, 1.82) is 0 Å². The molecule has 0 aliphatic heterocycles. The first-order valence-corrected chi connectivity index (χ1v) is 7.84.